The second-order valence-electron chi connectivity index (χ2n) is 10.1. The maximum absolute atomic E-state index is 14.3. The smallest absolute Gasteiger partial charge is 0.250 e. The van der Waals surface area contributed by atoms with E-state index in [1.807, 2.05) is 26.0 Å². The van der Waals surface area contributed by atoms with Crippen LogP contribution in [0.2, 0.25) is 0 Å². The molecule has 0 radical (unpaired) electrons. The fraction of sp³-hybridized carbons (Fsp3) is 0.444. The number of likely N-dealkylation sites (tertiary alicyclic amines) is 1. The van der Waals surface area contributed by atoms with E-state index in [2.05, 4.69) is 10.6 Å². The summed E-state index contributed by atoms with van der Waals surface area (Å²) < 4.78 is 25.0. The van der Waals surface area contributed by atoms with Crippen molar-refractivity contribution in [2.45, 2.75) is 38.3 Å². The van der Waals surface area contributed by atoms with Crippen LogP contribution in [0.1, 0.15) is 31.4 Å². The van der Waals surface area contributed by atoms with Crippen molar-refractivity contribution < 1.29 is 28.2 Å². The van der Waals surface area contributed by atoms with Gasteiger partial charge in [0, 0.05) is 23.8 Å². The second kappa shape index (κ2) is 8.89. The molecule has 0 saturated carbocycles. The highest BCUT2D eigenvalue weighted by atomic mass is 19.1. The van der Waals surface area contributed by atoms with E-state index in [1.54, 1.807) is 20.3 Å². The van der Waals surface area contributed by atoms with E-state index in [-0.39, 0.29) is 18.4 Å². The van der Waals surface area contributed by atoms with Crippen LogP contribution in [0.4, 0.5) is 10.1 Å². The number of nitrogens with zero attached hydrogens (tertiary/aromatic N) is 1. The van der Waals surface area contributed by atoms with Crippen molar-refractivity contribution in [1.82, 2.24) is 10.2 Å². The molecule has 8 nitrogen and oxygen atoms in total. The Morgan fingerprint density at radius 2 is 1.78 bits per heavy atom. The number of halogens is 1. The third kappa shape index (κ3) is 3.56. The number of carbonyl (C=O) groups is 3. The molecule has 2 saturated heterocycles. The van der Waals surface area contributed by atoms with Gasteiger partial charge in [-0.15, -0.1) is 0 Å². The SMILES string of the molecule is COc1ccc(CCN2C(=O)[C@@H]3[C@H](CC(C)C)N[C@]4(C(=O)Nc5ccc(F)cc54)[C@@H]3C2=O)cc1OC. The Balaban J connectivity index is 1.49. The van der Waals surface area contributed by atoms with E-state index in [4.69, 9.17) is 9.47 Å². The van der Waals surface area contributed by atoms with Gasteiger partial charge < -0.3 is 14.8 Å². The van der Waals surface area contributed by atoms with Crippen molar-refractivity contribution in [3.05, 3.63) is 53.3 Å². The van der Waals surface area contributed by atoms with Gasteiger partial charge in [-0.05, 0) is 54.7 Å². The Morgan fingerprint density at radius 3 is 2.47 bits per heavy atom. The number of anilines is 1. The number of carbonyl (C=O) groups excluding carboxylic acids is 3. The molecule has 0 aromatic heterocycles. The fourth-order valence-corrected chi connectivity index (χ4v) is 6.04. The third-order valence-corrected chi connectivity index (χ3v) is 7.57. The first-order chi connectivity index (χ1) is 17.2. The zero-order chi connectivity index (χ0) is 25.8. The summed E-state index contributed by atoms with van der Waals surface area (Å²) in [6, 6.07) is 9.13. The number of amides is 3. The van der Waals surface area contributed by atoms with Gasteiger partial charge in [0.2, 0.25) is 17.7 Å². The summed E-state index contributed by atoms with van der Waals surface area (Å²) in [5.74, 6) is -1.90. The standard InChI is InChI=1S/C27H30FN3O5/c1-14(2)11-19-22-23(27(30-19)17-13-16(28)6-7-18(17)29-26(27)34)25(33)31(24(22)32)10-9-15-5-8-20(35-3)21(12-15)36-4/h5-8,12-14,19,22-23,30H,9-11H2,1-4H3,(H,29,34)/t19-,22+,23-,27-/m0/s1. The number of imide groups is 1. The average molecular weight is 496 g/mol. The number of hydrogen-bond acceptors (Lipinski definition) is 6. The van der Waals surface area contributed by atoms with Crippen molar-refractivity contribution in [1.29, 1.82) is 0 Å². The van der Waals surface area contributed by atoms with E-state index in [0.717, 1.165) is 5.56 Å². The van der Waals surface area contributed by atoms with E-state index in [1.165, 1.54) is 23.1 Å². The largest absolute Gasteiger partial charge is 0.493 e. The van der Waals surface area contributed by atoms with Gasteiger partial charge in [-0.25, -0.2) is 4.39 Å². The lowest BCUT2D eigenvalue weighted by molar-refractivity contribution is -0.142. The van der Waals surface area contributed by atoms with Crippen molar-refractivity contribution in [3.63, 3.8) is 0 Å². The lowest BCUT2D eigenvalue weighted by Gasteiger charge is -2.30. The van der Waals surface area contributed by atoms with Gasteiger partial charge in [0.05, 0.1) is 26.1 Å². The quantitative estimate of drug-likeness (QED) is 0.574. The van der Waals surface area contributed by atoms with Gasteiger partial charge in [-0.1, -0.05) is 19.9 Å². The molecule has 0 aliphatic carbocycles. The summed E-state index contributed by atoms with van der Waals surface area (Å²) in [4.78, 5) is 42.2. The monoisotopic (exact) mass is 495 g/mol. The number of rotatable bonds is 7. The van der Waals surface area contributed by atoms with Crippen LogP contribution in [0.15, 0.2) is 36.4 Å². The van der Waals surface area contributed by atoms with Crippen LogP contribution < -0.4 is 20.1 Å². The minimum atomic E-state index is -1.48. The van der Waals surface area contributed by atoms with Crippen LogP contribution in [-0.2, 0) is 26.3 Å². The van der Waals surface area contributed by atoms with Gasteiger partial charge in [-0.2, -0.15) is 0 Å². The molecule has 190 valence electrons. The average Bonchev–Trinajstić information content (AvgIpc) is 3.41. The molecule has 2 N–H and O–H groups in total. The Kier molecular flexibility index (Phi) is 5.98. The zero-order valence-electron chi connectivity index (χ0n) is 20.8. The normalized spacial score (nSPS) is 26.6. The Bertz CT molecular complexity index is 1250. The summed E-state index contributed by atoms with van der Waals surface area (Å²) in [6.07, 6.45) is 1.02. The molecule has 5 rings (SSSR count). The third-order valence-electron chi connectivity index (χ3n) is 7.57. The first kappa shape index (κ1) is 24.2. The van der Waals surface area contributed by atoms with Gasteiger partial charge in [0.25, 0.3) is 0 Å². The minimum absolute atomic E-state index is 0.169. The molecule has 4 atom stereocenters. The van der Waals surface area contributed by atoms with E-state index in [0.29, 0.717) is 35.6 Å². The summed E-state index contributed by atoms with van der Waals surface area (Å²) in [7, 11) is 3.10. The zero-order valence-corrected chi connectivity index (χ0v) is 20.8. The molecular weight excluding hydrogens is 465 g/mol. The fourth-order valence-electron chi connectivity index (χ4n) is 6.04. The van der Waals surface area contributed by atoms with Crippen LogP contribution in [0, 0.1) is 23.6 Å². The second-order valence-corrected chi connectivity index (χ2v) is 10.1. The molecule has 2 fully saturated rings. The van der Waals surface area contributed by atoms with Crippen molar-refractivity contribution in [3.8, 4) is 11.5 Å². The number of benzene rings is 2. The predicted molar refractivity (Wildman–Crippen MR) is 130 cm³/mol. The molecule has 3 heterocycles. The molecule has 3 amide bonds. The highest BCUT2D eigenvalue weighted by molar-refractivity contribution is 6.15. The number of ether oxygens (including phenoxy) is 2. The molecule has 0 unspecified atom stereocenters. The van der Waals surface area contributed by atoms with Gasteiger partial charge >= 0.3 is 0 Å². The molecule has 0 bridgehead atoms. The molecular formula is C27H30FN3O5. The summed E-state index contributed by atoms with van der Waals surface area (Å²) >= 11 is 0. The maximum atomic E-state index is 14.3. The van der Waals surface area contributed by atoms with Gasteiger partial charge in [0.15, 0.2) is 11.5 Å². The lowest BCUT2D eigenvalue weighted by atomic mass is 9.76. The number of methoxy groups -OCH3 is 2. The minimum Gasteiger partial charge on any atom is -0.493 e. The summed E-state index contributed by atoms with van der Waals surface area (Å²) in [6.45, 7) is 4.22. The van der Waals surface area contributed by atoms with Crippen LogP contribution in [0.25, 0.3) is 0 Å². The summed E-state index contributed by atoms with van der Waals surface area (Å²) in [5, 5.41) is 6.14. The summed E-state index contributed by atoms with van der Waals surface area (Å²) in [5.41, 5.74) is 0.244. The molecule has 9 heteroatoms. The molecule has 2 aromatic carbocycles. The molecule has 1 spiro atoms. The molecule has 3 aliphatic heterocycles. The Hall–Kier alpha value is -3.46. The van der Waals surface area contributed by atoms with Crippen LogP contribution in [0.5, 0.6) is 11.5 Å². The Morgan fingerprint density at radius 1 is 1.03 bits per heavy atom. The van der Waals surface area contributed by atoms with Crippen LogP contribution in [0.3, 0.4) is 0 Å². The van der Waals surface area contributed by atoms with Gasteiger partial charge in [-0.3, -0.25) is 24.6 Å². The predicted octanol–water partition coefficient (Wildman–Crippen LogP) is 2.85. The van der Waals surface area contributed by atoms with Crippen LogP contribution >= 0.6 is 0 Å². The van der Waals surface area contributed by atoms with E-state index in [9.17, 15) is 18.8 Å². The first-order valence-corrected chi connectivity index (χ1v) is 12.2. The lowest BCUT2D eigenvalue weighted by Crippen LogP contribution is -2.53. The first-order valence-electron chi connectivity index (χ1n) is 12.2. The molecule has 3 aliphatic rings. The van der Waals surface area contributed by atoms with Crippen molar-refractivity contribution in [2.75, 3.05) is 26.1 Å². The van der Waals surface area contributed by atoms with E-state index < -0.39 is 41.0 Å². The maximum Gasteiger partial charge on any atom is 0.250 e. The van der Waals surface area contributed by atoms with Crippen molar-refractivity contribution >= 4 is 23.4 Å². The highest BCUT2D eigenvalue weighted by Crippen LogP contribution is 2.53. The number of nitrogens with one attached hydrogen (secondary N) is 2. The topological polar surface area (TPSA) is 97.0 Å². The van der Waals surface area contributed by atoms with Crippen LogP contribution in [-0.4, -0.2) is 49.4 Å². The molecule has 36 heavy (non-hydrogen) atoms. The van der Waals surface area contributed by atoms with E-state index >= 15 is 0 Å². The highest BCUT2D eigenvalue weighted by Gasteiger charge is 2.70. The van der Waals surface area contributed by atoms with Crippen molar-refractivity contribution in [2.24, 2.45) is 17.8 Å². The number of hydrogen-bond donors (Lipinski definition) is 2. The van der Waals surface area contributed by atoms with Gasteiger partial charge in [0.1, 0.15) is 11.4 Å². The number of fused-ring (bicyclic) bond motifs is 4. The Labute approximate surface area is 209 Å². The molecule has 2 aromatic rings.